The molecule has 3 heterocycles. The van der Waals surface area contributed by atoms with Crippen LogP contribution in [0.4, 0.5) is 0 Å². The highest BCUT2D eigenvalue weighted by Gasteiger charge is 2.27. The molecular formula is C18H31N5O2. The number of hydrogen-bond donors (Lipinski definition) is 1. The molecule has 3 rings (SSSR count). The van der Waals surface area contributed by atoms with Gasteiger partial charge in [0.2, 0.25) is 0 Å². The summed E-state index contributed by atoms with van der Waals surface area (Å²) in [4.78, 5) is 19.0. The number of carbonyl (C=O) groups is 1. The van der Waals surface area contributed by atoms with Crippen molar-refractivity contribution in [3.05, 3.63) is 17.5 Å². The van der Waals surface area contributed by atoms with Gasteiger partial charge < -0.3 is 14.5 Å². The SMILES string of the molecule is C[C@@H]1CN(CCN2CCC[C@@H](c3[nH]ncc3C(=O)N(C)C)C2)CCO1. The number of aromatic amines is 1. The van der Waals surface area contributed by atoms with Crippen molar-refractivity contribution in [3.8, 4) is 0 Å². The van der Waals surface area contributed by atoms with Crippen LogP contribution in [0.5, 0.6) is 0 Å². The van der Waals surface area contributed by atoms with Crippen molar-refractivity contribution in [2.45, 2.75) is 31.8 Å². The second-order valence-corrected chi connectivity index (χ2v) is 7.52. The highest BCUT2D eigenvalue weighted by atomic mass is 16.5. The van der Waals surface area contributed by atoms with Gasteiger partial charge in [0.25, 0.3) is 5.91 Å². The van der Waals surface area contributed by atoms with Gasteiger partial charge in [-0.1, -0.05) is 0 Å². The average Bonchev–Trinajstić information content (AvgIpc) is 3.09. The lowest BCUT2D eigenvalue weighted by molar-refractivity contribution is -0.0212. The van der Waals surface area contributed by atoms with Gasteiger partial charge >= 0.3 is 0 Å². The molecule has 0 bridgehead atoms. The minimum Gasteiger partial charge on any atom is -0.376 e. The van der Waals surface area contributed by atoms with E-state index in [0.29, 0.717) is 12.0 Å². The predicted octanol–water partition coefficient (Wildman–Crippen LogP) is 1.01. The largest absolute Gasteiger partial charge is 0.376 e. The number of hydrogen-bond acceptors (Lipinski definition) is 5. The van der Waals surface area contributed by atoms with Gasteiger partial charge in [-0.15, -0.1) is 0 Å². The first kappa shape index (κ1) is 18.4. The maximum absolute atomic E-state index is 12.3. The fraction of sp³-hybridized carbons (Fsp3) is 0.778. The minimum absolute atomic E-state index is 0.0307. The third kappa shape index (κ3) is 4.59. The number of rotatable bonds is 5. The van der Waals surface area contributed by atoms with Crippen molar-refractivity contribution >= 4 is 5.91 Å². The van der Waals surface area contributed by atoms with E-state index in [1.165, 1.54) is 6.42 Å². The van der Waals surface area contributed by atoms with Gasteiger partial charge in [-0.05, 0) is 26.3 Å². The van der Waals surface area contributed by atoms with E-state index in [1.54, 1.807) is 25.2 Å². The molecule has 25 heavy (non-hydrogen) atoms. The molecule has 0 aromatic carbocycles. The van der Waals surface area contributed by atoms with Crippen LogP contribution in [-0.4, -0.2) is 96.9 Å². The number of H-pyrrole nitrogens is 1. The Morgan fingerprint density at radius 3 is 2.80 bits per heavy atom. The Hall–Kier alpha value is -1.44. The summed E-state index contributed by atoms with van der Waals surface area (Å²) in [7, 11) is 3.57. The molecule has 2 fully saturated rings. The molecule has 1 aromatic rings. The number of nitrogens with one attached hydrogen (secondary N) is 1. The van der Waals surface area contributed by atoms with Crippen molar-refractivity contribution in [3.63, 3.8) is 0 Å². The molecule has 7 heteroatoms. The average molecular weight is 349 g/mol. The molecule has 0 spiro atoms. The number of morpholine rings is 1. The van der Waals surface area contributed by atoms with Gasteiger partial charge in [0.15, 0.2) is 0 Å². The highest BCUT2D eigenvalue weighted by molar-refractivity contribution is 5.94. The Labute approximate surface area is 150 Å². The number of carbonyl (C=O) groups excluding carboxylic acids is 1. The molecule has 7 nitrogen and oxygen atoms in total. The maximum Gasteiger partial charge on any atom is 0.256 e. The Kier molecular flexibility index (Phi) is 6.09. The van der Waals surface area contributed by atoms with Crippen LogP contribution >= 0.6 is 0 Å². The number of likely N-dealkylation sites (tertiary alicyclic amines) is 1. The molecule has 0 unspecified atom stereocenters. The number of ether oxygens (including phenoxy) is 1. The zero-order chi connectivity index (χ0) is 17.8. The lowest BCUT2D eigenvalue weighted by Crippen LogP contribution is -2.46. The van der Waals surface area contributed by atoms with Crippen LogP contribution in [0, 0.1) is 0 Å². The molecule has 0 saturated carbocycles. The number of aromatic nitrogens is 2. The van der Waals surface area contributed by atoms with E-state index in [2.05, 4.69) is 26.9 Å². The van der Waals surface area contributed by atoms with Crippen LogP contribution in [0.25, 0.3) is 0 Å². The van der Waals surface area contributed by atoms with Gasteiger partial charge in [-0.2, -0.15) is 5.10 Å². The fourth-order valence-electron chi connectivity index (χ4n) is 3.89. The summed E-state index contributed by atoms with van der Waals surface area (Å²) in [6.45, 7) is 9.35. The minimum atomic E-state index is 0.0307. The van der Waals surface area contributed by atoms with E-state index in [4.69, 9.17) is 4.74 Å². The molecule has 2 atom stereocenters. The maximum atomic E-state index is 12.3. The lowest BCUT2D eigenvalue weighted by Gasteiger charge is -2.36. The van der Waals surface area contributed by atoms with Gasteiger partial charge in [0.1, 0.15) is 0 Å². The fourth-order valence-corrected chi connectivity index (χ4v) is 3.89. The Balaban J connectivity index is 1.56. The molecule has 1 aromatic heterocycles. The molecule has 2 saturated heterocycles. The molecule has 2 aliphatic rings. The van der Waals surface area contributed by atoms with Crippen molar-refractivity contribution in [1.82, 2.24) is 24.9 Å². The normalized spacial score (nSPS) is 25.9. The first-order chi connectivity index (χ1) is 12.0. The first-order valence-corrected chi connectivity index (χ1v) is 9.36. The highest BCUT2D eigenvalue weighted by Crippen LogP contribution is 2.28. The summed E-state index contributed by atoms with van der Waals surface area (Å²) in [6.07, 6.45) is 4.29. The summed E-state index contributed by atoms with van der Waals surface area (Å²) in [6, 6.07) is 0. The Morgan fingerprint density at radius 2 is 2.08 bits per heavy atom. The molecule has 0 aliphatic carbocycles. The molecule has 2 aliphatic heterocycles. The van der Waals surface area contributed by atoms with Gasteiger partial charge in [0.05, 0.1) is 30.2 Å². The summed E-state index contributed by atoms with van der Waals surface area (Å²) in [5.41, 5.74) is 1.72. The number of nitrogens with zero attached hydrogens (tertiary/aromatic N) is 4. The third-order valence-electron chi connectivity index (χ3n) is 5.28. The van der Waals surface area contributed by atoms with Crippen LogP contribution in [0.1, 0.15) is 41.7 Å². The second-order valence-electron chi connectivity index (χ2n) is 7.52. The zero-order valence-electron chi connectivity index (χ0n) is 15.7. The predicted molar refractivity (Wildman–Crippen MR) is 96.9 cm³/mol. The monoisotopic (exact) mass is 349 g/mol. The second kappa shape index (κ2) is 8.29. The van der Waals surface area contributed by atoms with Crippen molar-refractivity contribution in [2.75, 3.05) is 60.0 Å². The Bertz CT molecular complexity index is 574. The van der Waals surface area contributed by atoms with Crippen LogP contribution in [0.2, 0.25) is 0 Å². The lowest BCUT2D eigenvalue weighted by atomic mass is 9.92. The van der Waals surface area contributed by atoms with Gasteiger partial charge in [-0.25, -0.2) is 0 Å². The van der Waals surface area contributed by atoms with Crippen molar-refractivity contribution < 1.29 is 9.53 Å². The topological polar surface area (TPSA) is 64.7 Å². The van der Waals surface area contributed by atoms with Crippen LogP contribution < -0.4 is 0 Å². The van der Waals surface area contributed by atoms with E-state index >= 15 is 0 Å². The quantitative estimate of drug-likeness (QED) is 0.860. The van der Waals surface area contributed by atoms with E-state index in [1.807, 2.05) is 0 Å². The number of amides is 1. The molecular weight excluding hydrogens is 318 g/mol. The van der Waals surface area contributed by atoms with Crippen LogP contribution in [0.15, 0.2) is 6.20 Å². The molecule has 1 amide bonds. The smallest absolute Gasteiger partial charge is 0.256 e. The third-order valence-corrected chi connectivity index (χ3v) is 5.28. The summed E-state index contributed by atoms with van der Waals surface area (Å²) < 4.78 is 5.62. The summed E-state index contributed by atoms with van der Waals surface area (Å²) >= 11 is 0. The van der Waals surface area contributed by atoms with Crippen molar-refractivity contribution in [1.29, 1.82) is 0 Å². The first-order valence-electron chi connectivity index (χ1n) is 9.36. The summed E-state index contributed by atoms with van der Waals surface area (Å²) in [5.74, 6) is 0.391. The molecule has 1 N–H and O–H groups in total. The molecule has 140 valence electrons. The number of piperidine rings is 1. The van der Waals surface area contributed by atoms with E-state index < -0.39 is 0 Å². The Morgan fingerprint density at radius 1 is 1.32 bits per heavy atom. The molecule has 0 radical (unpaired) electrons. The van der Waals surface area contributed by atoms with Crippen molar-refractivity contribution in [2.24, 2.45) is 0 Å². The van der Waals surface area contributed by atoms with Crippen LogP contribution in [-0.2, 0) is 4.74 Å². The standard InChI is InChI=1S/C18H31N5O2/c1-14-12-23(9-10-25-14)8-7-22-6-4-5-15(13-22)17-16(11-19-20-17)18(24)21(2)3/h11,14-15H,4-10,12-13H2,1-3H3,(H,19,20)/t14-,15-/m1/s1. The summed E-state index contributed by atoms with van der Waals surface area (Å²) in [5, 5.41) is 7.23. The van der Waals surface area contributed by atoms with E-state index in [-0.39, 0.29) is 5.91 Å². The van der Waals surface area contributed by atoms with Gasteiger partial charge in [-0.3, -0.25) is 14.8 Å². The van der Waals surface area contributed by atoms with Gasteiger partial charge in [0, 0.05) is 52.7 Å². The van der Waals surface area contributed by atoms with Crippen LogP contribution in [0.3, 0.4) is 0 Å². The van der Waals surface area contributed by atoms with E-state index in [0.717, 1.165) is 63.6 Å². The van der Waals surface area contributed by atoms with E-state index in [9.17, 15) is 4.79 Å². The zero-order valence-corrected chi connectivity index (χ0v) is 15.7.